The maximum Gasteiger partial charge on any atom is -0.00795 e. The Bertz CT molecular complexity index is 114. The summed E-state index contributed by atoms with van der Waals surface area (Å²) in [5, 5.41) is 0. The first kappa shape index (κ1) is 8.48. The van der Waals surface area contributed by atoms with Gasteiger partial charge in [-0.3, -0.25) is 0 Å². The topological polar surface area (TPSA) is 0 Å². The van der Waals surface area contributed by atoms with Crippen LogP contribution in [0.5, 0.6) is 0 Å². The van der Waals surface area contributed by atoms with Gasteiger partial charge in [0.05, 0.1) is 0 Å². The minimum atomic E-state index is 0.597. The molecule has 52 valence electrons. The van der Waals surface area contributed by atoms with E-state index in [0.717, 1.165) is 0 Å². The predicted octanol–water partition coefficient (Wildman–Crippen LogP) is 3.16. The Morgan fingerprint density at radius 3 is 2.22 bits per heavy atom. The molecule has 0 nitrogen and oxygen atoms in total. The third-order valence-corrected chi connectivity index (χ3v) is 1.09. The zero-order chi connectivity index (χ0) is 7.28. The fourth-order valence-electron chi connectivity index (χ4n) is 0.885. The third kappa shape index (κ3) is 5.35. The lowest BCUT2D eigenvalue weighted by molar-refractivity contribution is 0.922. The number of hydrogen-bond acceptors (Lipinski definition) is 0. The zero-order valence-electron chi connectivity index (χ0n) is 6.81. The average Bonchev–Trinajstić information content (AvgIpc) is 1.63. The van der Waals surface area contributed by atoms with Gasteiger partial charge >= 0.3 is 0 Å². The number of rotatable bonds is 2. The van der Waals surface area contributed by atoms with Gasteiger partial charge in [0, 0.05) is 0 Å². The maximum absolute atomic E-state index is 2.25. The molecule has 0 saturated heterocycles. The molecule has 0 N–H and O–H groups in total. The van der Waals surface area contributed by atoms with Crippen LogP contribution in [0.4, 0.5) is 0 Å². The summed E-state index contributed by atoms with van der Waals surface area (Å²) in [6, 6.07) is 0. The fourth-order valence-corrected chi connectivity index (χ4v) is 0.885. The minimum Gasteiger partial charge on any atom is -0.0911 e. The van der Waals surface area contributed by atoms with E-state index in [-0.39, 0.29) is 0 Å². The SMILES string of the molecule is CC=CC(C)C=C(C)C. The largest absolute Gasteiger partial charge is 0.0911 e. The Kier molecular flexibility index (Phi) is 4.12. The van der Waals surface area contributed by atoms with E-state index >= 15 is 0 Å². The molecule has 0 heterocycles. The van der Waals surface area contributed by atoms with Crippen molar-refractivity contribution in [2.45, 2.75) is 27.7 Å². The van der Waals surface area contributed by atoms with Crippen molar-refractivity contribution in [3.05, 3.63) is 23.8 Å². The molecule has 0 saturated carbocycles. The zero-order valence-corrected chi connectivity index (χ0v) is 6.81. The Morgan fingerprint density at radius 2 is 1.89 bits per heavy atom. The van der Waals surface area contributed by atoms with Crippen molar-refractivity contribution < 1.29 is 0 Å². The first-order chi connectivity index (χ1) is 4.16. The molecule has 0 fully saturated rings. The van der Waals surface area contributed by atoms with Crippen molar-refractivity contribution in [2.75, 3.05) is 0 Å². The predicted molar refractivity (Wildman–Crippen MR) is 43.4 cm³/mol. The van der Waals surface area contributed by atoms with Crippen LogP contribution in [0.2, 0.25) is 0 Å². The monoisotopic (exact) mass is 124 g/mol. The summed E-state index contributed by atoms with van der Waals surface area (Å²) in [6.07, 6.45) is 6.52. The molecule has 0 aliphatic carbocycles. The van der Waals surface area contributed by atoms with E-state index in [1.165, 1.54) is 5.57 Å². The lowest BCUT2D eigenvalue weighted by Crippen LogP contribution is -1.81. The van der Waals surface area contributed by atoms with Gasteiger partial charge in [0.2, 0.25) is 0 Å². The number of hydrogen-bond donors (Lipinski definition) is 0. The summed E-state index contributed by atoms with van der Waals surface area (Å²) in [7, 11) is 0. The van der Waals surface area contributed by atoms with Gasteiger partial charge in [-0.1, -0.05) is 30.7 Å². The smallest absolute Gasteiger partial charge is 0.00795 e. The molecule has 0 aliphatic heterocycles. The second-order valence-corrected chi connectivity index (χ2v) is 2.63. The van der Waals surface area contributed by atoms with E-state index in [9.17, 15) is 0 Å². The number of allylic oxidation sites excluding steroid dienone is 4. The van der Waals surface area contributed by atoms with E-state index in [2.05, 4.69) is 45.9 Å². The van der Waals surface area contributed by atoms with Gasteiger partial charge in [-0.2, -0.15) is 0 Å². The lowest BCUT2D eigenvalue weighted by Gasteiger charge is -1.96. The summed E-state index contributed by atoms with van der Waals surface area (Å²) >= 11 is 0. The van der Waals surface area contributed by atoms with Crippen molar-refractivity contribution in [1.82, 2.24) is 0 Å². The Labute approximate surface area is 58.3 Å². The van der Waals surface area contributed by atoms with Crippen LogP contribution in [0.1, 0.15) is 27.7 Å². The van der Waals surface area contributed by atoms with Gasteiger partial charge in [-0.05, 0) is 26.7 Å². The highest BCUT2D eigenvalue weighted by Gasteiger charge is 1.87. The lowest BCUT2D eigenvalue weighted by atomic mass is 10.1. The van der Waals surface area contributed by atoms with E-state index < -0.39 is 0 Å². The van der Waals surface area contributed by atoms with Crippen molar-refractivity contribution in [3.8, 4) is 0 Å². The molecule has 0 aliphatic rings. The Morgan fingerprint density at radius 1 is 1.33 bits per heavy atom. The van der Waals surface area contributed by atoms with Crippen LogP contribution in [-0.2, 0) is 0 Å². The normalized spacial score (nSPS) is 13.8. The highest BCUT2D eigenvalue weighted by atomic mass is 13.9. The van der Waals surface area contributed by atoms with Gasteiger partial charge < -0.3 is 0 Å². The molecule has 0 bridgehead atoms. The molecular weight excluding hydrogens is 108 g/mol. The van der Waals surface area contributed by atoms with Crippen LogP contribution in [0, 0.1) is 5.92 Å². The highest BCUT2D eigenvalue weighted by molar-refractivity contribution is 5.02. The molecule has 0 radical (unpaired) electrons. The van der Waals surface area contributed by atoms with Crippen molar-refractivity contribution in [1.29, 1.82) is 0 Å². The Balaban J connectivity index is 3.76. The molecule has 0 aromatic rings. The summed E-state index contributed by atoms with van der Waals surface area (Å²) in [5.41, 5.74) is 1.39. The first-order valence-electron chi connectivity index (χ1n) is 3.44. The van der Waals surface area contributed by atoms with Crippen LogP contribution in [0.3, 0.4) is 0 Å². The van der Waals surface area contributed by atoms with Crippen molar-refractivity contribution >= 4 is 0 Å². The van der Waals surface area contributed by atoms with E-state index in [4.69, 9.17) is 0 Å². The van der Waals surface area contributed by atoms with Crippen LogP contribution in [0.15, 0.2) is 23.8 Å². The molecular formula is C9H16. The molecule has 0 amide bonds. The van der Waals surface area contributed by atoms with Gasteiger partial charge in [-0.25, -0.2) is 0 Å². The summed E-state index contributed by atoms with van der Waals surface area (Å²) < 4.78 is 0. The van der Waals surface area contributed by atoms with Gasteiger partial charge in [-0.15, -0.1) is 0 Å². The average molecular weight is 124 g/mol. The van der Waals surface area contributed by atoms with Gasteiger partial charge in [0.15, 0.2) is 0 Å². The summed E-state index contributed by atoms with van der Waals surface area (Å²) in [6.45, 7) is 8.49. The van der Waals surface area contributed by atoms with Crippen LogP contribution >= 0.6 is 0 Å². The summed E-state index contributed by atoms with van der Waals surface area (Å²) in [4.78, 5) is 0. The molecule has 9 heavy (non-hydrogen) atoms. The van der Waals surface area contributed by atoms with E-state index in [1.54, 1.807) is 0 Å². The fraction of sp³-hybridized carbons (Fsp3) is 0.556. The molecule has 0 aromatic carbocycles. The molecule has 1 unspecified atom stereocenters. The third-order valence-electron chi connectivity index (χ3n) is 1.09. The molecule has 0 spiro atoms. The highest BCUT2D eigenvalue weighted by Crippen LogP contribution is 2.02. The quantitative estimate of drug-likeness (QED) is 0.496. The molecule has 0 aromatic heterocycles. The summed E-state index contributed by atoms with van der Waals surface area (Å²) in [5.74, 6) is 0.597. The second-order valence-electron chi connectivity index (χ2n) is 2.63. The van der Waals surface area contributed by atoms with Crippen LogP contribution in [-0.4, -0.2) is 0 Å². The second kappa shape index (κ2) is 4.37. The molecule has 0 heteroatoms. The van der Waals surface area contributed by atoms with E-state index in [1.807, 2.05) is 0 Å². The van der Waals surface area contributed by atoms with Crippen LogP contribution < -0.4 is 0 Å². The van der Waals surface area contributed by atoms with Gasteiger partial charge in [0.1, 0.15) is 0 Å². The van der Waals surface area contributed by atoms with Crippen molar-refractivity contribution in [3.63, 3.8) is 0 Å². The van der Waals surface area contributed by atoms with Gasteiger partial charge in [0.25, 0.3) is 0 Å². The molecule has 0 rings (SSSR count). The van der Waals surface area contributed by atoms with Crippen molar-refractivity contribution in [2.24, 2.45) is 5.92 Å². The molecule has 1 atom stereocenters. The maximum atomic E-state index is 2.25. The van der Waals surface area contributed by atoms with E-state index in [0.29, 0.717) is 5.92 Å². The standard InChI is InChI=1S/C9H16/c1-5-6-9(4)7-8(2)3/h5-7,9H,1-4H3. The first-order valence-corrected chi connectivity index (χ1v) is 3.44. The van der Waals surface area contributed by atoms with Crippen LogP contribution in [0.25, 0.3) is 0 Å². The Hall–Kier alpha value is -0.520. The minimum absolute atomic E-state index is 0.597.